The molecule has 0 amide bonds. The Morgan fingerprint density at radius 2 is 1.84 bits per heavy atom. The Balaban J connectivity index is 2.41. The van der Waals surface area contributed by atoms with Gasteiger partial charge in [0.2, 0.25) is 0 Å². The number of aliphatic hydroxyl groups is 1. The van der Waals surface area contributed by atoms with Gasteiger partial charge in [0, 0.05) is 10.6 Å². The van der Waals surface area contributed by atoms with Crippen LogP contribution in [0.1, 0.15) is 17.2 Å². The first-order valence-electron chi connectivity index (χ1n) is 5.49. The summed E-state index contributed by atoms with van der Waals surface area (Å²) in [7, 11) is 1.34. The van der Waals surface area contributed by atoms with E-state index in [0.29, 0.717) is 5.02 Å². The first-order chi connectivity index (χ1) is 9.02. The summed E-state index contributed by atoms with van der Waals surface area (Å²) in [6.45, 7) is 0. The molecule has 19 heavy (non-hydrogen) atoms. The summed E-state index contributed by atoms with van der Waals surface area (Å²) in [5, 5.41) is 10.4. The van der Waals surface area contributed by atoms with Crippen LogP contribution in [0.25, 0.3) is 0 Å². The number of ether oxygens (including phenoxy) is 1. The molecular formula is C14H11ClF2O2. The topological polar surface area (TPSA) is 29.5 Å². The number of aliphatic hydroxyl groups excluding tert-OH is 1. The van der Waals surface area contributed by atoms with E-state index in [0.717, 1.165) is 12.1 Å². The number of hydrogen-bond acceptors (Lipinski definition) is 2. The third-order valence-electron chi connectivity index (χ3n) is 2.74. The van der Waals surface area contributed by atoms with Crippen LogP contribution in [0.5, 0.6) is 5.75 Å². The van der Waals surface area contributed by atoms with E-state index >= 15 is 0 Å². The molecule has 2 nitrogen and oxygen atoms in total. The Morgan fingerprint density at radius 1 is 1.11 bits per heavy atom. The molecule has 2 rings (SSSR count). The summed E-state index contributed by atoms with van der Waals surface area (Å²) in [5.74, 6) is -1.17. The first kappa shape index (κ1) is 13.8. The van der Waals surface area contributed by atoms with Gasteiger partial charge in [-0.1, -0.05) is 17.7 Å². The lowest BCUT2D eigenvalue weighted by atomic mass is 10.0. The predicted molar refractivity (Wildman–Crippen MR) is 68.4 cm³/mol. The van der Waals surface area contributed by atoms with Gasteiger partial charge in [0.1, 0.15) is 11.9 Å². The zero-order chi connectivity index (χ0) is 14.0. The SMILES string of the molecule is COc1ccc(C(O)c2cc(Cl)ccc2F)cc1F. The summed E-state index contributed by atoms with van der Waals surface area (Å²) in [4.78, 5) is 0. The van der Waals surface area contributed by atoms with Crippen molar-refractivity contribution in [2.75, 3.05) is 7.11 Å². The van der Waals surface area contributed by atoms with Crippen molar-refractivity contribution < 1.29 is 18.6 Å². The van der Waals surface area contributed by atoms with Crippen molar-refractivity contribution in [3.8, 4) is 5.75 Å². The molecule has 5 heteroatoms. The van der Waals surface area contributed by atoms with Crippen molar-refractivity contribution in [2.24, 2.45) is 0 Å². The van der Waals surface area contributed by atoms with Crippen molar-refractivity contribution in [2.45, 2.75) is 6.10 Å². The monoisotopic (exact) mass is 284 g/mol. The van der Waals surface area contributed by atoms with E-state index in [1.165, 1.54) is 31.4 Å². The maximum atomic E-state index is 13.6. The molecule has 0 fully saturated rings. The molecule has 0 saturated carbocycles. The third kappa shape index (κ3) is 2.85. The standard InChI is InChI=1S/C14H11ClF2O2/c1-19-13-5-2-8(6-12(13)17)14(18)10-7-9(15)3-4-11(10)16/h2-7,14,18H,1H3. The van der Waals surface area contributed by atoms with Gasteiger partial charge in [0.15, 0.2) is 11.6 Å². The van der Waals surface area contributed by atoms with E-state index < -0.39 is 17.7 Å². The van der Waals surface area contributed by atoms with Gasteiger partial charge >= 0.3 is 0 Å². The van der Waals surface area contributed by atoms with Crippen LogP contribution in [0.3, 0.4) is 0 Å². The molecule has 0 aliphatic carbocycles. The molecule has 2 aromatic rings. The smallest absolute Gasteiger partial charge is 0.165 e. The minimum absolute atomic E-state index is 0.00272. The highest BCUT2D eigenvalue weighted by Gasteiger charge is 2.17. The second-order valence-corrected chi connectivity index (χ2v) is 4.40. The molecule has 0 aliphatic rings. The highest BCUT2D eigenvalue weighted by Crippen LogP contribution is 2.29. The molecule has 2 aromatic carbocycles. The number of benzene rings is 2. The highest BCUT2D eigenvalue weighted by molar-refractivity contribution is 6.30. The van der Waals surface area contributed by atoms with Crippen LogP contribution < -0.4 is 4.74 Å². The van der Waals surface area contributed by atoms with Crippen LogP contribution >= 0.6 is 11.6 Å². The maximum absolute atomic E-state index is 13.6. The van der Waals surface area contributed by atoms with Crippen molar-refractivity contribution in [3.63, 3.8) is 0 Å². The van der Waals surface area contributed by atoms with Crippen LogP contribution in [-0.4, -0.2) is 12.2 Å². The van der Waals surface area contributed by atoms with Gasteiger partial charge in [0.05, 0.1) is 7.11 Å². The lowest BCUT2D eigenvalue weighted by molar-refractivity contribution is 0.214. The average Bonchev–Trinajstić information content (AvgIpc) is 2.40. The fourth-order valence-electron chi connectivity index (χ4n) is 1.76. The Kier molecular flexibility index (Phi) is 4.02. The maximum Gasteiger partial charge on any atom is 0.165 e. The van der Waals surface area contributed by atoms with Crippen LogP contribution in [0.4, 0.5) is 8.78 Å². The largest absolute Gasteiger partial charge is 0.494 e. The van der Waals surface area contributed by atoms with Crippen LogP contribution in [0.15, 0.2) is 36.4 Å². The number of hydrogen-bond donors (Lipinski definition) is 1. The van der Waals surface area contributed by atoms with Gasteiger partial charge in [-0.15, -0.1) is 0 Å². The van der Waals surface area contributed by atoms with Crippen molar-refractivity contribution in [1.29, 1.82) is 0 Å². The van der Waals surface area contributed by atoms with E-state index in [1.807, 2.05) is 0 Å². The second kappa shape index (κ2) is 5.55. The lowest BCUT2D eigenvalue weighted by Crippen LogP contribution is -2.03. The molecule has 0 bridgehead atoms. The van der Waals surface area contributed by atoms with Crippen molar-refractivity contribution >= 4 is 11.6 Å². The number of methoxy groups -OCH3 is 1. The van der Waals surface area contributed by atoms with Gasteiger partial charge in [-0.2, -0.15) is 0 Å². The van der Waals surface area contributed by atoms with Gasteiger partial charge in [-0.05, 0) is 35.9 Å². The first-order valence-corrected chi connectivity index (χ1v) is 5.87. The molecule has 0 aromatic heterocycles. The molecule has 0 saturated heterocycles. The van der Waals surface area contributed by atoms with Crippen LogP contribution in [0, 0.1) is 11.6 Å². The Labute approximate surface area is 114 Å². The molecule has 1 atom stereocenters. The molecule has 0 spiro atoms. The Bertz CT molecular complexity index is 602. The molecule has 0 radical (unpaired) electrons. The molecule has 100 valence electrons. The fraction of sp³-hybridized carbons (Fsp3) is 0.143. The molecule has 1 N–H and O–H groups in total. The minimum Gasteiger partial charge on any atom is -0.494 e. The van der Waals surface area contributed by atoms with Crippen LogP contribution in [-0.2, 0) is 0 Å². The normalized spacial score (nSPS) is 12.3. The van der Waals surface area contributed by atoms with Crippen molar-refractivity contribution in [1.82, 2.24) is 0 Å². The molecule has 0 aliphatic heterocycles. The fourth-order valence-corrected chi connectivity index (χ4v) is 1.94. The quantitative estimate of drug-likeness (QED) is 0.931. The Morgan fingerprint density at radius 3 is 2.47 bits per heavy atom. The summed E-state index contributed by atoms with van der Waals surface area (Å²) in [5.41, 5.74) is 0.219. The van der Waals surface area contributed by atoms with Crippen LogP contribution in [0.2, 0.25) is 5.02 Å². The zero-order valence-corrected chi connectivity index (χ0v) is 10.8. The van der Waals surface area contributed by atoms with E-state index in [-0.39, 0.29) is 16.9 Å². The van der Waals surface area contributed by atoms with E-state index in [9.17, 15) is 13.9 Å². The highest BCUT2D eigenvalue weighted by atomic mass is 35.5. The molecule has 0 heterocycles. The van der Waals surface area contributed by atoms with Gasteiger partial charge in [0.25, 0.3) is 0 Å². The van der Waals surface area contributed by atoms with Crippen molar-refractivity contribution in [3.05, 3.63) is 64.2 Å². The van der Waals surface area contributed by atoms with Gasteiger partial charge in [-0.3, -0.25) is 0 Å². The number of rotatable bonds is 3. The lowest BCUT2D eigenvalue weighted by Gasteiger charge is -2.13. The minimum atomic E-state index is -1.29. The van der Waals surface area contributed by atoms with E-state index in [4.69, 9.17) is 16.3 Å². The summed E-state index contributed by atoms with van der Waals surface area (Å²) in [6, 6.07) is 7.78. The third-order valence-corrected chi connectivity index (χ3v) is 2.98. The molecular weight excluding hydrogens is 274 g/mol. The second-order valence-electron chi connectivity index (χ2n) is 3.96. The summed E-state index contributed by atoms with van der Waals surface area (Å²) < 4.78 is 31.9. The van der Waals surface area contributed by atoms with E-state index in [1.54, 1.807) is 0 Å². The van der Waals surface area contributed by atoms with Gasteiger partial charge < -0.3 is 9.84 Å². The Hall–Kier alpha value is -1.65. The van der Waals surface area contributed by atoms with Gasteiger partial charge in [-0.25, -0.2) is 8.78 Å². The summed E-state index contributed by atoms with van der Waals surface area (Å²) >= 11 is 5.76. The number of halogens is 3. The summed E-state index contributed by atoms with van der Waals surface area (Å²) in [6.07, 6.45) is -1.29. The zero-order valence-electron chi connectivity index (χ0n) is 10.0. The molecule has 1 unspecified atom stereocenters. The predicted octanol–water partition coefficient (Wildman–Crippen LogP) is 3.71. The average molecular weight is 285 g/mol. The van der Waals surface area contributed by atoms with E-state index in [2.05, 4.69) is 0 Å².